The van der Waals surface area contributed by atoms with Crippen LogP contribution < -0.4 is 9.47 Å². The summed E-state index contributed by atoms with van der Waals surface area (Å²) in [4.78, 5) is 29.7. The SMILES string of the molecule is COc1cccc2c1[nH]c1c(C(=O)[C@H](Cc3nccc4c3[nH]c3ccccc34)OC)ncc(OC)c12. The van der Waals surface area contributed by atoms with Crippen molar-refractivity contribution < 1.29 is 19.0 Å². The molecule has 36 heavy (non-hydrogen) atoms. The number of pyridine rings is 2. The number of rotatable bonds is 7. The van der Waals surface area contributed by atoms with Crippen molar-refractivity contribution in [3.8, 4) is 11.5 Å². The fourth-order valence-electron chi connectivity index (χ4n) is 4.98. The highest BCUT2D eigenvalue weighted by Gasteiger charge is 2.28. The molecule has 0 unspecified atom stereocenters. The van der Waals surface area contributed by atoms with Gasteiger partial charge in [-0.3, -0.25) is 9.78 Å². The van der Waals surface area contributed by atoms with E-state index < -0.39 is 6.10 Å². The number of carbonyl (C=O) groups is 1. The number of nitrogens with zero attached hydrogens (tertiary/aromatic N) is 2. The molecule has 0 aliphatic rings. The number of nitrogens with one attached hydrogen (secondary N) is 2. The highest BCUT2D eigenvalue weighted by molar-refractivity contribution is 6.18. The van der Waals surface area contributed by atoms with Crippen molar-refractivity contribution in [3.63, 3.8) is 0 Å². The maximum Gasteiger partial charge on any atom is 0.212 e. The molecule has 0 aliphatic heterocycles. The Morgan fingerprint density at radius 2 is 1.64 bits per heavy atom. The molecule has 0 radical (unpaired) electrons. The van der Waals surface area contributed by atoms with Gasteiger partial charge in [-0.05, 0) is 18.2 Å². The summed E-state index contributed by atoms with van der Waals surface area (Å²) in [5.41, 5.74) is 4.31. The van der Waals surface area contributed by atoms with Crippen LogP contribution in [0, 0.1) is 0 Å². The van der Waals surface area contributed by atoms with E-state index in [1.165, 1.54) is 7.11 Å². The first-order valence-corrected chi connectivity index (χ1v) is 11.6. The topological polar surface area (TPSA) is 102 Å². The van der Waals surface area contributed by atoms with E-state index in [9.17, 15) is 4.79 Å². The van der Waals surface area contributed by atoms with Gasteiger partial charge in [-0.15, -0.1) is 0 Å². The van der Waals surface area contributed by atoms with Crippen LogP contribution >= 0.6 is 0 Å². The first kappa shape index (κ1) is 22.1. The molecule has 2 N–H and O–H groups in total. The highest BCUT2D eigenvalue weighted by atomic mass is 16.5. The fraction of sp³-hybridized carbons (Fsp3) is 0.179. The summed E-state index contributed by atoms with van der Waals surface area (Å²) in [5.74, 6) is 0.993. The molecule has 0 fully saturated rings. The van der Waals surface area contributed by atoms with E-state index in [0.29, 0.717) is 17.0 Å². The number of benzene rings is 2. The summed E-state index contributed by atoms with van der Waals surface area (Å²) in [5, 5.41) is 3.83. The second-order valence-corrected chi connectivity index (χ2v) is 8.58. The summed E-state index contributed by atoms with van der Waals surface area (Å²) in [7, 11) is 4.73. The first-order chi connectivity index (χ1) is 17.6. The second kappa shape index (κ2) is 8.66. The van der Waals surface area contributed by atoms with Gasteiger partial charge in [-0.2, -0.15) is 0 Å². The van der Waals surface area contributed by atoms with Crippen LogP contribution in [0.1, 0.15) is 16.2 Å². The number of fused-ring (bicyclic) bond motifs is 6. The predicted octanol–water partition coefficient (Wildman–Crippen LogP) is 5.20. The average molecular weight is 481 g/mol. The molecule has 6 rings (SSSR count). The number of ketones is 1. The van der Waals surface area contributed by atoms with Crippen LogP contribution in [0.5, 0.6) is 11.5 Å². The maximum absolute atomic E-state index is 13.8. The van der Waals surface area contributed by atoms with Crippen LogP contribution in [-0.4, -0.2) is 53.2 Å². The lowest BCUT2D eigenvalue weighted by atomic mass is 10.0. The summed E-state index contributed by atoms with van der Waals surface area (Å²) in [6.45, 7) is 0. The van der Waals surface area contributed by atoms with Crippen LogP contribution in [-0.2, 0) is 11.2 Å². The first-order valence-electron chi connectivity index (χ1n) is 11.6. The number of carbonyl (C=O) groups excluding carboxylic acids is 1. The van der Waals surface area contributed by atoms with Gasteiger partial charge in [0.25, 0.3) is 0 Å². The van der Waals surface area contributed by atoms with Gasteiger partial charge in [0.15, 0.2) is 0 Å². The number of H-pyrrole nitrogens is 2. The number of aromatic nitrogens is 4. The molecule has 0 saturated carbocycles. The van der Waals surface area contributed by atoms with Crippen molar-refractivity contribution in [2.75, 3.05) is 21.3 Å². The molecule has 4 aromatic heterocycles. The maximum atomic E-state index is 13.8. The molecule has 8 heteroatoms. The Morgan fingerprint density at radius 1 is 0.833 bits per heavy atom. The molecule has 0 spiro atoms. The molecule has 6 aromatic rings. The quantitative estimate of drug-likeness (QED) is 0.305. The third-order valence-corrected chi connectivity index (χ3v) is 6.72. The van der Waals surface area contributed by atoms with Gasteiger partial charge < -0.3 is 24.2 Å². The molecule has 8 nitrogen and oxygen atoms in total. The Balaban J connectivity index is 1.46. The third kappa shape index (κ3) is 3.30. The van der Waals surface area contributed by atoms with Gasteiger partial charge in [-0.1, -0.05) is 30.3 Å². The van der Waals surface area contributed by atoms with E-state index in [-0.39, 0.29) is 17.9 Å². The van der Waals surface area contributed by atoms with Gasteiger partial charge in [0.05, 0.1) is 48.0 Å². The molecule has 0 bridgehead atoms. The molecule has 180 valence electrons. The van der Waals surface area contributed by atoms with Gasteiger partial charge in [0, 0.05) is 41.4 Å². The number of aromatic amines is 2. The fourth-order valence-corrected chi connectivity index (χ4v) is 4.98. The highest BCUT2D eigenvalue weighted by Crippen LogP contribution is 2.38. The number of hydrogen-bond acceptors (Lipinski definition) is 6. The summed E-state index contributed by atoms with van der Waals surface area (Å²) in [6, 6.07) is 15.8. The van der Waals surface area contributed by atoms with Crippen LogP contribution in [0.15, 0.2) is 60.9 Å². The van der Waals surface area contributed by atoms with E-state index in [1.807, 2.05) is 42.5 Å². The lowest BCUT2D eigenvalue weighted by Gasteiger charge is -2.15. The average Bonchev–Trinajstić information content (AvgIpc) is 3.50. The normalized spacial score (nSPS) is 12.5. The Hall–Kier alpha value is -4.43. The minimum Gasteiger partial charge on any atom is -0.495 e. The van der Waals surface area contributed by atoms with Crippen LogP contribution in [0.3, 0.4) is 0 Å². The van der Waals surface area contributed by atoms with Crippen LogP contribution in [0.2, 0.25) is 0 Å². The second-order valence-electron chi connectivity index (χ2n) is 8.58. The van der Waals surface area contributed by atoms with E-state index in [0.717, 1.165) is 43.8 Å². The zero-order chi connectivity index (χ0) is 24.8. The van der Waals surface area contributed by atoms with E-state index in [4.69, 9.17) is 14.2 Å². The molecular formula is C28H24N4O4. The van der Waals surface area contributed by atoms with Crippen molar-refractivity contribution in [2.45, 2.75) is 12.5 Å². The number of Topliss-reactive ketones (excluding diaryl/α,β-unsaturated/α-hetero) is 1. The molecule has 0 saturated heterocycles. The standard InChI is InChI=1S/C28H24N4O4/c1-34-20-10-6-8-17-23-22(36-3)14-30-27(26(23)32-25(17)20)28(33)21(35-2)13-19-24-16(11-12-29-19)15-7-4-5-9-18(15)31-24/h4-12,14,21,31-32H,13H2,1-3H3/t21-/m0/s1. The lowest BCUT2D eigenvalue weighted by Crippen LogP contribution is -2.27. The smallest absolute Gasteiger partial charge is 0.212 e. The van der Waals surface area contributed by atoms with Crippen LogP contribution in [0.25, 0.3) is 43.6 Å². The van der Waals surface area contributed by atoms with Gasteiger partial charge >= 0.3 is 0 Å². The van der Waals surface area contributed by atoms with Crippen LogP contribution in [0.4, 0.5) is 0 Å². The summed E-state index contributed by atoms with van der Waals surface area (Å²) >= 11 is 0. The molecule has 1 atom stereocenters. The van der Waals surface area contributed by atoms with Gasteiger partial charge in [0.1, 0.15) is 23.3 Å². The monoisotopic (exact) mass is 480 g/mol. The number of methoxy groups -OCH3 is 3. The lowest BCUT2D eigenvalue weighted by molar-refractivity contribution is 0.0601. The summed E-state index contributed by atoms with van der Waals surface area (Å²) < 4.78 is 16.8. The Morgan fingerprint density at radius 3 is 2.44 bits per heavy atom. The summed E-state index contributed by atoms with van der Waals surface area (Å²) in [6.07, 6.45) is 2.85. The number of para-hydroxylation sites is 2. The molecule has 2 aromatic carbocycles. The zero-order valence-electron chi connectivity index (χ0n) is 20.1. The van der Waals surface area contributed by atoms with Crippen molar-refractivity contribution in [1.82, 2.24) is 19.9 Å². The van der Waals surface area contributed by atoms with Crippen molar-refractivity contribution in [2.24, 2.45) is 0 Å². The third-order valence-electron chi connectivity index (χ3n) is 6.72. The Kier molecular flexibility index (Phi) is 5.30. The minimum absolute atomic E-state index is 0.245. The predicted molar refractivity (Wildman–Crippen MR) is 139 cm³/mol. The Bertz CT molecular complexity index is 1770. The molecule has 0 aliphatic carbocycles. The Labute approximate surface area is 206 Å². The molecule has 4 heterocycles. The van der Waals surface area contributed by atoms with Crippen molar-refractivity contribution >= 4 is 49.4 Å². The number of hydrogen-bond donors (Lipinski definition) is 2. The van der Waals surface area contributed by atoms with Gasteiger partial charge in [-0.25, -0.2) is 4.98 Å². The zero-order valence-corrected chi connectivity index (χ0v) is 20.1. The van der Waals surface area contributed by atoms with Crippen molar-refractivity contribution in [3.05, 3.63) is 72.3 Å². The molecular weight excluding hydrogens is 456 g/mol. The van der Waals surface area contributed by atoms with E-state index >= 15 is 0 Å². The van der Waals surface area contributed by atoms with Gasteiger partial charge in [0.2, 0.25) is 5.78 Å². The van der Waals surface area contributed by atoms with E-state index in [1.54, 1.807) is 26.6 Å². The number of ether oxygens (including phenoxy) is 3. The largest absolute Gasteiger partial charge is 0.495 e. The van der Waals surface area contributed by atoms with E-state index in [2.05, 4.69) is 26.0 Å². The molecule has 0 amide bonds. The minimum atomic E-state index is -0.785. The van der Waals surface area contributed by atoms with Crippen molar-refractivity contribution in [1.29, 1.82) is 0 Å².